The minimum absolute atomic E-state index is 0.205. The zero-order chi connectivity index (χ0) is 10.9. The van der Waals surface area contributed by atoms with Crippen LogP contribution in [0.15, 0.2) is 12.2 Å². The van der Waals surface area contributed by atoms with Crippen LogP contribution in [0.1, 0.15) is 58.3 Å². The first kappa shape index (κ1) is 12.8. The monoisotopic (exact) mass is 210 g/mol. The Balaban J connectivity index is 2.09. The summed E-state index contributed by atoms with van der Waals surface area (Å²) in [6.07, 6.45) is 15.2. The largest absolute Gasteiger partial charge is 0.392 e. The standard InChI is InChI=1S/C14H26O/c1-2-3-4-6-13-8-10-14(11-9-13)7-5-12-15/h5,7,13-15H,2-4,6,8-12H2,1H3/t13-,14-. The van der Waals surface area contributed by atoms with E-state index in [2.05, 4.69) is 13.0 Å². The van der Waals surface area contributed by atoms with E-state index in [0.717, 1.165) is 11.8 Å². The highest BCUT2D eigenvalue weighted by atomic mass is 16.2. The molecule has 1 nitrogen and oxygen atoms in total. The number of hydrogen-bond donors (Lipinski definition) is 1. The van der Waals surface area contributed by atoms with E-state index < -0.39 is 0 Å². The topological polar surface area (TPSA) is 20.2 Å². The van der Waals surface area contributed by atoms with Crippen molar-refractivity contribution in [3.8, 4) is 0 Å². The normalized spacial score (nSPS) is 27.3. The van der Waals surface area contributed by atoms with Crippen molar-refractivity contribution in [1.82, 2.24) is 0 Å². The lowest BCUT2D eigenvalue weighted by Crippen LogP contribution is -2.13. The molecule has 1 aliphatic rings. The Hall–Kier alpha value is -0.300. The first-order valence-electron chi connectivity index (χ1n) is 6.64. The molecule has 1 fully saturated rings. The van der Waals surface area contributed by atoms with Crippen molar-refractivity contribution >= 4 is 0 Å². The fraction of sp³-hybridized carbons (Fsp3) is 0.857. The molecule has 0 atom stereocenters. The molecule has 1 rings (SSSR count). The van der Waals surface area contributed by atoms with Crippen LogP contribution >= 0.6 is 0 Å². The van der Waals surface area contributed by atoms with Crippen molar-refractivity contribution in [2.24, 2.45) is 11.8 Å². The molecule has 0 aliphatic heterocycles. The summed E-state index contributed by atoms with van der Waals surface area (Å²) in [6, 6.07) is 0. The van der Waals surface area contributed by atoms with Crippen LogP contribution in [-0.2, 0) is 0 Å². The molecule has 0 aromatic carbocycles. The van der Waals surface area contributed by atoms with Crippen LogP contribution in [0.2, 0.25) is 0 Å². The van der Waals surface area contributed by atoms with E-state index in [1.807, 2.05) is 6.08 Å². The third-order valence-electron chi connectivity index (χ3n) is 3.62. The summed E-state index contributed by atoms with van der Waals surface area (Å²) >= 11 is 0. The molecule has 0 aromatic rings. The van der Waals surface area contributed by atoms with Gasteiger partial charge in [-0.3, -0.25) is 0 Å². The molecular formula is C14H26O. The van der Waals surface area contributed by atoms with Crippen LogP contribution in [0, 0.1) is 11.8 Å². The second-order valence-corrected chi connectivity index (χ2v) is 4.89. The average Bonchev–Trinajstić information content (AvgIpc) is 2.28. The molecule has 0 aromatic heterocycles. The SMILES string of the molecule is CCCCC[C@H]1CC[C@H](C=CCO)CC1. The van der Waals surface area contributed by atoms with Crippen LogP contribution in [0.3, 0.4) is 0 Å². The van der Waals surface area contributed by atoms with Gasteiger partial charge in [-0.05, 0) is 37.5 Å². The smallest absolute Gasteiger partial charge is 0.0612 e. The number of hydrogen-bond acceptors (Lipinski definition) is 1. The summed E-state index contributed by atoms with van der Waals surface area (Å²) < 4.78 is 0. The molecule has 0 heterocycles. The Labute approximate surface area is 94.6 Å². The van der Waals surface area contributed by atoms with Crippen molar-refractivity contribution < 1.29 is 5.11 Å². The van der Waals surface area contributed by atoms with Crippen LogP contribution in [0.25, 0.3) is 0 Å². The fourth-order valence-corrected chi connectivity index (χ4v) is 2.61. The Morgan fingerprint density at radius 3 is 2.47 bits per heavy atom. The first-order chi connectivity index (χ1) is 7.36. The van der Waals surface area contributed by atoms with Crippen LogP contribution in [0.5, 0.6) is 0 Å². The van der Waals surface area contributed by atoms with Gasteiger partial charge in [-0.2, -0.15) is 0 Å². The van der Waals surface area contributed by atoms with E-state index in [1.54, 1.807) is 0 Å². The molecule has 15 heavy (non-hydrogen) atoms. The predicted octanol–water partition coefficient (Wildman–Crippen LogP) is 3.92. The Bertz CT molecular complexity index is 166. The average molecular weight is 210 g/mol. The van der Waals surface area contributed by atoms with Crippen LogP contribution < -0.4 is 0 Å². The van der Waals surface area contributed by atoms with Gasteiger partial charge in [0.25, 0.3) is 0 Å². The lowest BCUT2D eigenvalue weighted by molar-refractivity contribution is 0.287. The Kier molecular flexibility index (Phi) is 6.74. The van der Waals surface area contributed by atoms with Gasteiger partial charge in [0.1, 0.15) is 0 Å². The summed E-state index contributed by atoms with van der Waals surface area (Å²) in [7, 11) is 0. The van der Waals surface area contributed by atoms with Gasteiger partial charge in [-0.15, -0.1) is 0 Å². The molecular weight excluding hydrogens is 184 g/mol. The number of aliphatic hydroxyl groups excluding tert-OH is 1. The van der Waals surface area contributed by atoms with Crippen LogP contribution in [-0.4, -0.2) is 11.7 Å². The fourth-order valence-electron chi connectivity index (χ4n) is 2.61. The number of rotatable bonds is 6. The van der Waals surface area contributed by atoms with E-state index in [1.165, 1.54) is 51.4 Å². The maximum Gasteiger partial charge on any atom is 0.0612 e. The molecule has 1 N–H and O–H groups in total. The molecule has 1 heteroatoms. The summed E-state index contributed by atoms with van der Waals surface area (Å²) in [4.78, 5) is 0. The van der Waals surface area contributed by atoms with Crippen molar-refractivity contribution in [1.29, 1.82) is 0 Å². The highest BCUT2D eigenvalue weighted by molar-refractivity contribution is 4.90. The minimum atomic E-state index is 0.205. The third-order valence-corrected chi connectivity index (χ3v) is 3.62. The van der Waals surface area contributed by atoms with Gasteiger partial charge >= 0.3 is 0 Å². The van der Waals surface area contributed by atoms with E-state index in [0.29, 0.717) is 0 Å². The highest BCUT2D eigenvalue weighted by Gasteiger charge is 2.18. The van der Waals surface area contributed by atoms with Gasteiger partial charge < -0.3 is 5.11 Å². The van der Waals surface area contributed by atoms with E-state index >= 15 is 0 Å². The first-order valence-corrected chi connectivity index (χ1v) is 6.64. The number of aliphatic hydroxyl groups is 1. The molecule has 1 aliphatic carbocycles. The molecule has 88 valence electrons. The molecule has 1 saturated carbocycles. The summed E-state index contributed by atoms with van der Waals surface area (Å²) in [5.41, 5.74) is 0. The van der Waals surface area contributed by atoms with Gasteiger partial charge in [0, 0.05) is 0 Å². The predicted molar refractivity (Wildman–Crippen MR) is 65.8 cm³/mol. The molecule has 0 unspecified atom stereocenters. The maximum atomic E-state index is 8.71. The van der Waals surface area contributed by atoms with E-state index in [4.69, 9.17) is 5.11 Å². The molecule has 0 saturated heterocycles. The molecule has 0 spiro atoms. The molecule has 0 amide bonds. The zero-order valence-corrected chi connectivity index (χ0v) is 10.1. The van der Waals surface area contributed by atoms with Gasteiger partial charge in [0.15, 0.2) is 0 Å². The summed E-state index contributed by atoms with van der Waals surface area (Å²) in [5, 5.41) is 8.71. The summed E-state index contributed by atoms with van der Waals surface area (Å²) in [5.74, 6) is 1.75. The Morgan fingerprint density at radius 1 is 1.13 bits per heavy atom. The van der Waals surface area contributed by atoms with Crippen LogP contribution in [0.4, 0.5) is 0 Å². The third kappa shape index (κ3) is 5.36. The maximum absolute atomic E-state index is 8.71. The van der Waals surface area contributed by atoms with Crippen molar-refractivity contribution in [3.05, 3.63) is 12.2 Å². The van der Waals surface area contributed by atoms with Gasteiger partial charge in [-0.1, -0.05) is 44.8 Å². The zero-order valence-electron chi connectivity index (χ0n) is 10.1. The molecule has 0 bridgehead atoms. The van der Waals surface area contributed by atoms with Gasteiger partial charge in [0.2, 0.25) is 0 Å². The molecule has 0 radical (unpaired) electrons. The van der Waals surface area contributed by atoms with Gasteiger partial charge in [-0.25, -0.2) is 0 Å². The number of unbranched alkanes of at least 4 members (excludes halogenated alkanes) is 2. The number of allylic oxidation sites excluding steroid dienone is 1. The van der Waals surface area contributed by atoms with Crippen molar-refractivity contribution in [2.45, 2.75) is 58.3 Å². The van der Waals surface area contributed by atoms with E-state index in [9.17, 15) is 0 Å². The Morgan fingerprint density at radius 2 is 1.87 bits per heavy atom. The van der Waals surface area contributed by atoms with Crippen molar-refractivity contribution in [3.63, 3.8) is 0 Å². The van der Waals surface area contributed by atoms with Crippen molar-refractivity contribution in [2.75, 3.05) is 6.61 Å². The second kappa shape index (κ2) is 7.92. The lowest BCUT2D eigenvalue weighted by Gasteiger charge is -2.26. The van der Waals surface area contributed by atoms with E-state index in [-0.39, 0.29) is 6.61 Å². The minimum Gasteiger partial charge on any atom is -0.392 e. The van der Waals surface area contributed by atoms with Gasteiger partial charge in [0.05, 0.1) is 6.61 Å². The quantitative estimate of drug-likeness (QED) is 0.520. The second-order valence-electron chi connectivity index (χ2n) is 4.89. The lowest BCUT2D eigenvalue weighted by atomic mass is 9.79. The summed E-state index contributed by atoms with van der Waals surface area (Å²) in [6.45, 7) is 2.48. The highest BCUT2D eigenvalue weighted by Crippen LogP contribution is 2.32.